The van der Waals surface area contributed by atoms with Crippen molar-refractivity contribution >= 4 is 5.82 Å². The van der Waals surface area contributed by atoms with Crippen LogP contribution >= 0.6 is 0 Å². The molecule has 2 N–H and O–H groups in total. The topological polar surface area (TPSA) is 43.8 Å². The lowest BCUT2D eigenvalue weighted by Crippen LogP contribution is -2.02. The molecule has 0 aliphatic heterocycles. The number of benzene rings is 1. The van der Waals surface area contributed by atoms with Crippen molar-refractivity contribution in [2.75, 3.05) is 5.73 Å². The molecule has 102 valence electrons. The largest absolute Gasteiger partial charge is 0.383 e. The third kappa shape index (κ3) is 2.65. The van der Waals surface area contributed by atoms with Gasteiger partial charge in [0.25, 0.3) is 0 Å². The van der Waals surface area contributed by atoms with Crippen LogP contribution in [0.4, 0.5) is 5.82 Å². The Labute approximate surface area is 115 Å². The quantitative estimate of drug-likeness (QED) is 0.904. The summed E-state index contributed by atoms with van der Waals surface area (Å²) in [5.74, 6) is 0.781. The number of rotatable bonds is 4. The summed E-state index contributed by atoms with van der Waals surface area (Å²) < 4.78 is 2.05. The number of hydrogen-bond donors (Lipinski definition) is 1. The van der Waals surface area contributed by atoms with Crippen LogP contribution in [0.15, 0.2) is 18.5 Å². The van der Waals surface area contributed by atoms with E-state index in [1.54, 1.807) is 0 Å². The molecule has 0 saturated carbocycles. The maximum absolute atomic E-state index is 6.25. The second-order valence-corrected chi connectivity index (χ2v) is 5.30. The zero-order valence-electron chi connectivity index (χ0n) is 12.3. The Kier molecular flexibility index (Phi) is 3.93. The highest BCUT2D eigenvalue weighted by Crippen LogP contribution is 2.31. The minimum absolute atomic E-state index is 0.781. The summed E-state index contributed by atoms with van der Waals surface area (Å²) in [6, 6.07) is 4.37. The molecule has 0 radical (unpaired) electrons. The number of hydrogen-bond acceptors (Lipinski definition) is 2. The van der Waals surface area contributed by atoms with Crippen LogP contribution in [0.25, 0.3) is 11.3 Å². The summed E-state index contributed by atoms with van der Waals surface area (Å²) >= 11 is 0. The minimum atomic E-state index is 0.781. The van der Waals surface area contributed by atoms with Gasteiger partial charge in [-0.25, -0.2) is 4.98 Å². The third-order valence-electron chi connectivity index (χ3n) is 3.54. The number of imidazole rings is 1. The van der Waals surface area contributed by atoms with E-state index in [9.17, 15) is 0 Å². The van der Waals surface area contributed by atoms with Gasteiger partial charge in [-0.05, 0) is 38.3 Å². The highest BCUT2D eigenvalue weighted by atomic mass is 15.1. The first-order valence-electron chi connectivity index (χ1n) is 6.93. The molecule has 1 aromatic heterocycles. The molecule has 0 aliphatic rings. The van der Waals surface area contributed by atoms with E-state index in [-0.39, 0.29) is 0 Å². The Bertz CT molecular complexity index is 559. The standard InChI is InChI=1S/C16H23N3/c1-5-6-7-19-10-18-15(16(19)17)14-12(3)8-11(2)9-13(14)4/h8-10H,5-7,17H2,1-4H3. The molecule has 0 spiro atoms. The van der Waals surface area contributed by atoms with Gasteiger partial charge in [-0.2, -0.15) is 0 Å². The average Bonchev–Trinajstić information content (AvgIpc) is 2.68. The van der Waals surface area contributed by atoms with E-state index >= 15 is 0 Å². The van der Waals surface area contributed by atoms with Crippen molar-refractivity contribution in [2.45, 2.75) is 47.1 Å². The molecule has 2 aromatic rings. The maximum atomic E-state index is 6.25. The molecular formula is C16H23N3. The van der Waals surface area contributed by atoms with Gasteiger partial charge in [-0.15, -0.1) is 0 Å². The van der Waals surface area contributed by atoms with Crippen molar-refractivity contribution in [3.05, 3.63) is 35.2 Å². The first-order valence-corrected chi connectivity index (χ1v) is 6.93. The van der Waals surface area contributed by atoms with Crippen molar-refractivity contribution in [2.24, 2.45) is 0 Å². The van der Waals surface area contributed by atoms with Gasteiger partial charge < -0.3 is 10.3 Å². The number of unbranched alkanes of at least 4 members (excludes halogenated alkanes) is 1. The molecule has 19 heavy (non-hydrogen) atoms. The number of aromatic nitrogens is 2. The smallest absolute Gasteiger partial charge is 0.131 e. The van der Waals surface area contributed by atoms with Gasteiger partial charge in [-0.3, -0.25) is 0 Å². The van der Waals surface area contributed by atoms with Gasteiger partial charge in [-0.1, -0.05) is 31.0 Å². The Hall–Kier alpha value is -1.77. The molecule has 0 atom stereocenters. The average molecular weight is 257 g/mol. The predicted molar refractivity (Wildman–Crippen MR) is 81.2 cm³/mol. The fraction of sp³-hybridized carbons (Fsp3) is 0.438. The normalized spacial score (nSPS) is 10.9. The van der Waals surface area contributed by atoms with Gasteiger partial charge in [0.15, 0.2) is 0 Å². The number of nitrogen functional groups attached to an aromatic ring is 1. The van der Waals surface area contributed by atoms with Crippen LogP contribution in [-0.2, 0) is 6.54 Å². The van der Waals surface area contributed by atoms with Gasteiger partial charge in [0.1, 0.15) is 11.5 Å². The lowest BCUT2D eigenvalue weighted by molar-refractivity contribution is 0.637. The van der Waals surface area contributed by atoms with Gasteiger partial charge in [0.2, 0.25) is 0 Å². The van der Waals surface area contributed by atoms with Crippen molar-refractivity contribution in [3.63, 3.8) is 0 Å². The highest BCUT2D eigenvalue weighted by molar-refractivity contribution is 5.76. The molecule has 0 amide bonds. The fourth-order valence-corrected chi connectivity index (χ4v) is 2.64. The molecule has 3 heteroatoms. The molecule has 0 bridgehead atoms. The molecular weight excluding hydrogens is 234 g/mol. The summed E-state index contributed by atoms with van der Waals surface area (Å²) in [6.07, 6.45) is 4.15. The zero-order valence-corrected chi connectivity index (χ0v) is 12.3. The van der Waals surface area contributed by atoms with Crippen molar-refractivity contribution in [1.29, 1.82) is 0 Å². The van der Waals surface area contributed by atoms with Crippen molar-refractivity contribution in [3.8, 4) is 11.3 Å². The van der Waals surface area contributed by atoms with E-state index < -0.39 is 0 Å². The summed E-state index contributed by atoms with van der Waals surface area (Å²) in [7, 11) is 0. The predicted octanol–water partition coefficient (Wildman–Crippen LogP) is 3.86. The second kappa shape index (κ2) is 5.47. The van der Waals surface area contributed by atoms with Crippen molar-refractivity contribution in [1.82, 2.24) is 9.55 Å². The van der Waals surface area contributed by atoms with Crippen LogP contribution in [-0.4, -0.2) is 9.55 Å². The molecule has 0 unspecified atom stereocenters. The summed E-state index contributed by atoms with van der Waals surface area (Å²) in [5.41, 5.74) is 12.1. The first kappa shape index (κ1) is 13.7. The van der Waals surface area contributed by atoms with E-state index in [1.165, 1.54) is 22.3 Å². The van der Waals surface area contributed by atoms with Crippen LogP contribution in [0.1, 0.15) is 36.5 Å². The maximum Gasteiger partial charge on any atom is 0.131 e. The number of nitrogens with zero attached hydrogens (tertiary/aromatic N) is 2. The highest BCUT2D eigenvalue weighted by Gasteiger charge is 2.14. The lowest BCUT2D eigenvalue weighted by atomic mass is 9.97. The Balaban J connectivity index is 2.45. The van der Waals surface area contributed by atoms with Crippen LogP contribution in [0.2, 0.25) is 0 Å². The zero-order chi connectivity index (χ0) is 14.0. The van der Waals surface area contributed by atoms with Gasteiger partial charge in [0.05, 0.1) is 6.33 Å². The molecule has 0 fully saturated rings. The lowest BCUT2D eigenvalue weighted by Gasteiger charge is -2.11. The minimum Gasteiger partial charge on any atom is -0.383 e. The van der Waals surface area contributed by atoms with E-state index in [1.807, 2.05) is 6.33 Å². The Morgan fingerprint density at radius 2 is 1.79 bits per heavy atom. The van der Waals surface area contributed by atoms with Crippen LogP contribution in [0, 0.1) is 20.8 Å². The first-order chi connectivity index (χ1) is 9.04. The number of nitrogens with two attached hydrogens (primary N) is 1. The van der Waals surface area contributed by atoms with Crippen molar-refractivity contribution < 1.29 is 0 Å². The Morgan fingerprint density at radius 3 is 2.37 bits per heavy atom. The van der Waals surface area contributed by atoms with Crippen LogP contribution in [0.3, 0.4) is 0 Å². The molecule has 3 nitrogen and oxygen atoms in total. The van der Waals surface area contributed by atoms with E-state index in [0.29, 0.717) is 0 Å². The van der Waals surface area contributed by atoms with Crippen LogP contribution < -0.4 is 5.73 Å². The number of aryl methyl sites for hydroxylation is 4. The van der Waals surface area contributed by atoms with E-state index in [0.717, 1.165) is 30.9 Å². The van der Waals surface area contributed by atoms with Gasteiger partial charge >= 0.3 is 0 Å². The van der Waals surface area contributed by atoms with E-state index in [4.69, 9.17) is 5.73 Å². The van der Waals surface area contributed by atoms with Gasteiger partial charge in [0, 0.05) is 12.1 Å². The van der Waals surface area contributed by atoms with E-state index in [2.05, 4.69) is 49.4 Å². The fourth-order valence-electron chi connectivity index (χ4n) is 2.64. The molecule has 1 heterocycles. The van der Waals surface area contributed by atoms with Crippen LogP contribution in [0.5, 0.6) is 0 Å². The summed E-state index contributed by atoms with van der Waals surface area (Å²) in [5, 5.41) is 0. The third-order valence-corrected chi connectivity index (χ3v) is 3.54. The molecule has 1 aromatic carbocycles. The second-order valence-electron chi connectivity index (χ2n) is 5.30. The number of anilines is 1. The molecule has 0 aliphatic carbocycles. The summed E-state index contributed by atoms with van der Waals surface area (Å²) in [4.78, 5) is 4.53. The summed E-state index contributed by atoms with van der Waals surface area (Å²) in [6.45, 7) is 9.49. The SMILES string of the molecule is CCCCn1cnc(-c2c(C)cc(C)cc2C)c1N. The monoisotopic (exact) mass is 257 g/mol. The molecule has 2 rings (SSSR count). The molecule has 0 saturated heterocycles. The Morgan fingerprint density at radius 1 is 1.16 bits per heavy atom.